The first kappa shape index (κ1) is 92.4. The lowest BCUT2D eigenvalue weighted by Gasteiger charge is -2.25. The van der Waals surface area contributed by atoms with Crippen LogP contribution in [0.4, 0.5) is 0 Å². The van der Waals surface area contributed by atoms with Gasteiger partial charge >= 0.3 is 17.9 Å². The zero-order chi connectivity index (χ0) is 70.4. The summed E-state index contributed by atoms with van der Waals surface area (Å²) in [6.07, 6.45) is 109. The third kappa shape index (κ3) is 78.6. The van der Waals surface area contributed by atoms with E-state index in [2.05, 4.69) is 148 Å². The second-order valence-electron chi connectivity index (χ2n) is 28.0. The fraction of sp³-hybridized carbons (Fsp3) is 0.716. The average molecular weight is 1350 g/mol. The quantitative estimate of drug-likeness (QED) is 0.0211. The van der Waals surface area contributed by atoms with Crippen LogP contribution in [0.3, 0.4) is 0 Å². The molecule has 1 N–H and O–H groups in total. The van der Waals surface area contributed by atoms with Gasteiger partial charge in [-0.3, -0.25) is 9.59 Å². The molecule has 0 radical (unpaired) electrons. The molecule has 0 aliphatic carbocycles. The van der Waals surface area contributed by atoms with Crippen LogP contribution in [0, 0.1) is 0 Å². The molecule has 0 aromatic heterocycles. The highest BCUT2D eigenvalue weighted by Gasteiger charge is 2.25. The van der Waals surface area contributed by atoms with Gasteiger partial charge < -0.3 is 28.5 Å². The van der Waals surface area contributed by atoms with Crippen LogP contribution >= 0.6 is 0 Å². The van der Waals surface area contributed by atoms with Crippen molar-refractivity contribution in [2.24, 2.45) is 0 Å². The number of carboxylic acids is 1. The second-order valence-corrected chi connectivity index (χ2v) is 28.0. The summed E-state index contributed by atoms with van der Waals surface area (Å²) in [5.41, 5.74) is 0. The van der Waals surface area contributed by atoms with E-state index in [1.54, 1.807) is 0 Å². The van der Waals surface area contributed by atoms with Crippen LogP contribution in [0.1, 0.15) is 348 Å². The molecule has 0 fully saturated rings. The molecule has 0 aromatic carbocycles. The molecule has 2 unspecified atom stereocenters. The Kier molecular flexibility index (Phi) is 73.5. The van der Waals surface area contributed by atoms with Crippen LogP contribution in [0.15, 0.2) is 134 Å². The second kappa shape index (κ2) is 77.2. The summed E-state index contributed by atoms with van der Waals surface area (Å²) < 4.78 is 23.0. The van der Waals surface area contributed by atoms with Crippen molar-refractivity contribution in [1.82, 2.24) is 0 Å². The fourth-order valence-electron chi connectivity index (χ4n) is 11.3. The molecule has 0 spiro atoms. The summed E-state index contributed by atoms with van der Waals surface area (Å²) in [5.74, 6) is -2.01. The summed E-state index contributed by atoms with van der Waals surface area (Å²) >= 11 is 0. The van der Waals surface area contributed by atoms with Crippen molar-refractivity contribution >= 4 is 17.9 Å². The lowest BCUT2D eigenvalue weighted by atomic mass is 10.0. The Hall–Kier alpha value is -4.57. The Morgan fingerprint density at radius 1 is 0.320 bits per heavy atom. The van der Waals surface area contributed by atoms with Gasteiger partial charge in [-0.25, -0.2) is 4.79 Å². The molecule has 0 heterocycles. The molecule has 2 atom stereocenters. The smallest absolute Gasteiger partial charge is 0.361 e. The lowest BCUT2D eigenvalue weighted by Crippen LogP contribution is -2.40. The summed E-state index contributed by atoms with van der Waals surface area (Å²) in [5, 5.41) is 9.77. The molecule has 0 saturated carbocycles. The van der Waals surface area contributed by atoms with Gasteiger partial charge in [0.05, 0.1) is 34.4 Å². The third-order valence-electron chi connectivity index (χ3n) is 17.4. The number of aliphatic carboxylic acids is 1. The molecule has 0 aliphatic rings. The normalized spacial score (nSPS) is 13.4. The van der Waals surface area contributed by atoms with E-state index in [0.29, 0.717) is 23.9 Å². The van der Waals surface area contributed by atoms with Crippen LogP contribution in [0.5, 0.6) is 0 Å². The Balaban J connectivity index is 4.10. The van der Waals surface area contributed by atoms with Crippen molar-refractivity contribution in [3.8, 4) is 0 Å². The molecule has 9 nitrogen and oxygen atoms in total. The van der Waals surface area contributed by atoms with Gasteiger partial charge in [0.15, 0.2) is 6.10 Å². The van der Waals surface area contributed by atoms with Gasteiger partial charge in [0.1, 0.15) is 13.2 Å². The van der Waals surface area contributed by atoms with E-state index >= 15 is 0 Å². The van der Waals surface area contributed by atoms with E-state index in [9.17, 15) is 19.5 Å². The predicted octanol–water partition coefficient (Wildman–Crippen LogP) is 26.0. The Bertz CT molecular complexity index is 2060. The molecule has 0 bridgehead atoms. The number of ether oxygens (including phenoxy) is 4. The SMILES string of the molecule is CC/C=C\C/C=C\C/C=C\C/C=C\C/C=C\C/C=C\C/C=C\C/C=C\C/C=C\C/C=C\C/C=C\CCCCCCCCCC(=O)OC(COC(=O)CCCCCCCCCCCCCCCCCCCCCCCCCCCCCCCCC)COC(OCC[N+](C)(C)C)C(=O)O. The minimum absolute atomic E-state index is 0.181. The first-order valence-corrected chi connectivity index (χ1v) is 40.3. The van der Waals surface area contributed by atoms with Gasteiger partial charge in [-0.2, -0.15) is 0 Å². The number of nitrogens with zero attached hydrogens (tertiary/aromatic N) is 1. The van der Waals surface area contributed by atoms with E-state index in [0.717, 1.165) is 116 Å². The lowest BCUT2D eigenvalue weighted by molar-refractivity contribution is -0.870. The molecule has 556 valence electrons. The highest BCUT2D eigenvalue weighted by Crippen LogP contribution is 2.19. The maximum atomic E-state index is 13.0. The maximum absolute atomic E-state index is 13.0. The molecular weight excluding hydrogens is 1200 g/mol. The Morgan fingerprint density at radius 2 is 0.588 bits per heavy atom. The largest absolute Gasteiger partial charge is 0.477 e. The third-order valence-corrected chi connectivity index (χ3v) is 17.4. The van der Waals surface area contributed by atoms with Crippen molar-refractivity contribution in [2.75, 3.05) is 47.5 Å². The van der Waals surface area contributed by atoms with E-state index in [-0.39, 0.29) is 32.2 Å². The highest BCUT2D eigenvalue weighted by molar-refractivity contribution is 5.71. The van der Waals surface area contributed by atoms with Crippen molar-refractivity contribution < 1.29 is 42.9 Å². The van der Waals surface area contributed by atoms with Crippen LogP contribution in [0.2, 0.25) is 0 Å². The number of hydrogen-bond acceptors (Lipinski definition) is 7. The van der Waals surface area contributed by atoms with Crippen LogP contribution < -0.4 is 0 Å². The van der Waals surface area contributed by atoms with Crippen molar-refractivity contribution in [2.45, 2.75) is 360 Å². The molecule has 0 rings (SSSR count). The molecular formula is C88H152NO8+. The number of carboxylic acid groups (broad SMARTS) is 1. The molecule has 0 aliphatic heterocycles. The van der Waals surface area contributed by atoms with E-state index in [1.807, 2.05) is 21.1 Å². The predicted molar refractivity (Wildman–Crippen MR) is 419 cm³/mol. The number of quaternary nitrogens is 1. The maximum Gasteiger partial charge on any atom is 0.361 e. The molecule has 97 heavy (non-hydrogen) atoms. The zero-order valence-electron chi connectivity index (χ0n) is 63.7. The number of allylic oxidation sites excluding steroid dienone is 22. The molecule has 0 saturated heterocycles. The zero-order valence-corrected chi connectivity index (χ0v) is 63.7. The average Bonchev–Trinajstić information content (AvgIpc) is 3.27. The minimum atomic E-state index is -1.52. The fourth-order valence-corrected chi connectivity index (χ4v) is 11.3. The van der Waals surface area contributed by atoms with E-state index < -0.39 is 24.3 Å². The van der Waals surface area contributed by atoms with Gasteiger partial charge in [0.2, 0.25) is 0 Å². The standard InChI is InChI=1S/C88H151NO8/c1-6-8-10-12-14-16-18-20-22-24-26-28-30-32-34-36-38-39-40-41-42-43-44-45-46-47-49-51-53-55-57-59-61-63-65-67-69-71-73-75-77-79-86(91)97-84(83-96-88(87(92)93)94-81-80-89(3,4)5)82-95-85(90)78-76-74-72-70-68-66-64-62-60-58-56-54-52-50-48-37-35-33-31-29-27-25-23-21-19-17-15-13-11-9-7-2/h8,10,14,16,20,22,26,28,32,34,38-39,41-42,44-45,47,49,53,55,59,61,84,88H,6-7,9,11-13,15,17-19,21,23-25,27,29-31,33,35-37,40,43,46,48,50-52,54,56-58,60,62-83H2,1-5H3/p+1/b10-8-,16-14-,22-20-,28-26-,34-32-,39-38-,42-41-,45-44-,49-47-,55-53-,61-59-. The van der Waals surface area contributed by atoms with Crippen molar-refractivity contribution in [3.63, 3.8) is 0 Å². The Labute approximate surface area is 599 Å². The number of hydrogen-bond donors (Lipinski definition) is 1. The van der Waals surface area contributed by atoms with Crippen LogP contribution in [0.25, 0.3) is 0 Å². The number of carbonyl (C=O) groups excluding carboxylic acids is 2. The molecule has 0 aromatic rings. The number of rotatable bonds is 74. The van der Waals surface area contributed by atoms with Gasteiger partial charge in [-0.15, -0.1) is 0 Å². The first-order chi connectivity index (χ1) is 47.6. The highest BCUT2D eigenvalue weighted by atomic mass is 16.7. The number of esters is 2. The van der Waals surface area contributed by atoms with Gasteiger partial charge in [-0.05, 0) is 96.3 Å². The number of likely N-dealkylation sites (N-methyl/N-ethyl adjacent to an activating group) is 1. The molecule has 9 heteroatoms. The summed E-state index contributed by atoms with van der Waals surface area (Å²) in [6.45, 7) is 4.79. The van der Waals surface area contributed by atoms with Crippen molar-refractivity contribution in [3.05, 3.63) is 134 Å². The minimum Gasteiger partial charge on any atom is -0.477 e. The number of unbranched alkanes of at least 4 members (excludes halogenated alkanes) is 37. The summed E-state index contributed by atoms with van der Waals surface area (Å²) in [7, 11) is 5.98. The van der Waals surface area contributed by atoms with Crippen molar-refractivity contribution in [1.29, 1.82) is 0 Å². The summed E-state index contributed by atoms with van der Waals surface area (Å²) in [6, 6.07) is 0. The van der Waals surface area contributed by atoms with E-state index in [4.69, 9.17) is 18.9 Å². The van der Waals surface area contributed by atoms with Crippen LogP contribution in [-0.4, -0.2) is 87.4 Å². The first-order valence-electron chi connectivity index (χ1n) is 40.3. The topological polar surface area (TPSA) is 108 Å². The number of carbonyl (C=O) groups is 3. The summed E-state index contributed by atoms with van der Waals surface area (Å²) in [4.78, 5) is 37.7. The van der Waals surface area contributed by atoms with Gasteiger partial charge in [0, 0.05) is 12.8 Å². The van der Waals surface area contributed by atoms with E-state index in [1.165, 1.54) is 199 Å². The Morgan fingerprint density at radius 3 is 0.876 bits per heavy atom. The van der Waals surface area contributed by atoms with Crippen LogP contribution in [-0.2, 0) is 33.3 Å². The monoisotopic (exact) mass is 1350 g/mol. The molecule has 0 amide bonds. The van der Waals surface area contributed by atoms with Gasteiger partial charge in [-0.1, -0.05) is 372 Å². The van der Waals surface area contributed by atoms with Gasteiger partial charge in [0.25, 0.3) is 6.29 Å².